The Hall–Kier alpha value is -4.20. The Labute approximate surface area is 197 Å². The quantitative estimate of drug-likeness (QED) is 0.445. The normalized spacial score (nSPS) is 17.4. The van der Waals surface area contributed by atoms with Gasteiger partial charge in [0.1, 0.15) is 17.9 Å². The van der Waals surface area contributed by atoms with E-state index in [1.54, 1.807) is 12.1 Å². The molecule has 1 saturated heterocycles. The van der Waals surface area contributed by atoms with Crippen LogP contribution in [0.3, 0.4) is 0 Å². The molecule has 174 valence electrons. The van der Waals surface area contributed by atoms with E-state index < -0.39 is 35.7 Å². The van der Waals surface area contributed by atoms with Crippen molar-refractivity contribution in [1.82, 2.24) is 10.2 Å². The molecule has 1 aliphatic heterocycles. The van der Waals surface area contributed by atoms with Crippen molar-refractivity contribution in [2.24, 2.45) is 0 Å². The van der Waals surface area contributed by atoms with Gasteiger partial charge in [-0.2, -0.15) is 0 Å². The predicted molar refractivity (Wildman–Crippen MR) is 128 cm³/mol. The molecule has 3 aromatic carbocycles. The summed E-state index contributed by atoms with van der Waals surface area (Å²) in [7, 11) is 0. The number of urea groups is 1. The van der Waals surface area contributed by atoms with Gasteiger partial charge in [-0.1, -0.05) is 42.5 Å². The molecule has 0 bridgehead atoms. The standard InChI is InChI=1S/C26H25FN4O3/c1-26(19-7-9-20(27)10-8-19)24(33)31(25(34)30-26)17-23(32)29-22-13-11-21(12-14-22)28-16-15-18-5-3-2-4-6-18/h2-14,28H,15-17H2,1H3,(H,29,32)(H,30,34). The maximum atomic E-state index is 13.2. The summed E-state index contributed by atoms with van der Waals surface area (Å²) in [5.74, 6) is -1.52. The van der Waals surface area contributed by atoms with Crippen molar-refractivity contribution in [1.29, 1.82) is 0 Å². The Morgan fingerprint density at radius 1 is 0.941 bits per heavy atom. The number of hydrogen-bond donors (Lipinski definition) is 3. The number of rotatable bonds is 8. The maximum absolute atomic E-state index is 13.2. The predicted octanol–water partition coefficient (Wildman–Crippen LogP) is 3.89. The molecule has 3 aromatic rings. The molecular formula is C26H25FN4O3. The van der Waals surface area contributed by atoms with Gasteiger partial charge in [0.25, 0.3) is 5.91 Å². The van der Waals surface area contributed by atoms with Crippen LogP contribution in [0.1, 0.15) is 18.1 Å². The third-order valence-electron chi connectivity index (χ3n) is 5.75. The summed E-state index contributed by atoms with van der Waals surface area (Å²) in [5.41, 5.74) is 1.78. The smallest absolute Gasteiger partial charge is 0.325 e. The minimum absolute atomic E-state index is 0.432. The molecule has 1 fully saturated rings. The van der Waals surface area contributed by atoms with Gasteiger partial charge in [-0.3, -0.25) is 14.5 Å². The number of amides is 4. The number of carbonyl (C=O) groups is 3. The van der Waals surface area contributed by atoms with Crippen molar-refractivity contribution in [2.75, 3.05) is 23.7 Å². The zero-order chi connectivity index (χ0) is 24.1. The van der Waals surface area contributed by atoms with Crippen LogP contribution in [0.5, 0.6) is 0 Å². The van der Waals surface area contributed by atoms with Crippen molar-refractivity contribution in [3.8, 4) is 0 Å². The van der Waals surface area contributed by atoms with Gasteiger partial charge < -0.3 is 16.0 Å². The first-order valence-electron chi connectivity index (χ1n) is 10.9. The summed E-state index contributed by atoms with van der Waals surface area (Å²) in [6.07, 6.45) is 0.891. The van der Waals surface area contributed by atoms with E-state index in [-0.39, 0.29) is 0 Å². The van der Waals surface area contributed by atoms with Crippen LogP contribution >= 0.6 is 0 Å². The molecule has 0 radical (unpaired) electrons. The largest absolute Gasteiger partial charge is 0.385 e. The van der Waals surface area contributed by atoms with Gasteiger partial charge in [0, 0.05) is 17.9 Å². The molecule has 1 unspecified atom stereocenters. The average Bonchev–Trinajstić information content (AvgIpc) is 3.05. The van der Waals surface area contributed by atoms with E-state index in [0.717, 1.165) is 23.6 Å². The molecule has 0 aromatic heterocycles. The van der Waals surface area contributed by atoms with Gasteiger partial charge >= 0.3 is 6.03 Å². The highest BCUT2D eigenvalue weighted by Crippen LogP contribution is 2.29. The SMILES string of the molecule is CC1(c2ccc(F)cc2)NC(=O)N(CC(=O)Nc2ccc(NCCc3ccccc3)cc2)C1=O. The van der Waals surface area contributed by atoms with Crippen LogP contribution in [0, 0.1) is 5.82 Å². The van der Waals surface area contributed by atoms with E-state index in [1.807, 2.05) is 30.3 Å². The van der Waals surface area contributed by atoms with Crippen molar-refractivity contribution < 1.29 is 18.8 Å². The second-order valence-corrected chi connectivity index (χ2v) is 8.24. The van der Waals surface area contributed by atoms with Gasteiger partial charge in [0.2, 0.25) is 5.91 Å². The second kappa shape index (κ2) is 9.74. The third kappa shape index (κ3) is 5.06. The molecule has 4 rings (SSSR count). The van der Waals surface area contributed by atoms with Crippen molar-refractivity contribution in [2.45, 2.75) is 18.9 Å². The number of halogens is 1. The van der Waals surface area contributed by atoms with E-state index in [2.05, 4.69) is 28.1 Å². The van der Waals surface area contributed by atoms with Gasteiger partial charge in [-0.15, -0.1) is 0 Å². The minimum Gasteiger partial charge on any atom is -0.385 e. The lowest BCUT2D eigenvalue weighted by Gasteiger charge is -2.22. The molecule has 1 atom stereocenters. The molecule has 7 nitrogen and oxygen atoms in total. The van der Waals surface area contributed by atoms with Gasteiger partial charge in [0.05, 0.1) is 0 Å². The van der Waals surface area contributed by atoms with Gasteiger partial charge in [-0.05, 0) is 60.9 Å². The Balaban J connectivity index is 1.31. The zero-order valence-corrected chi connectivity index (χ0v) is 18.7. The number of hydrogen-bond acceptors (Lipinski definition) is 4. The van der Waals surface area contributed by atoms with Crippen LogP contribution in [-0.4, -0.2) is 35.8 Å². The van der Waals surface area contributed by atoms with Crippen LogP contribution in [0.2, 0.25) is 0 Å². The van der Waals surface area contributed by atoms with Crippen LogP contribution < -0.4 is 16.0 Å². The third-order valence-corrected chi connectivity index (χ3v) is 5.75. The van der Waals surface area contributed by atoms with Crippen LogP contribution in [0.15, 0.2) is 78.9 Å². The number of nitrogens with zero attached hydrogens (tertiary/aromatic N) is 1. The summed E-state index contributed by atoms with van der Waals surface area (Å²) in [6, 6.07) is 22.0. The fraction of sp³-hybridized carbons (Fsp3) is 0.192. The zero-order valence-electron chi connectivity index (χ0n) is 18.7. The average molecular weight is 461 g/mol. The Kier molecular flexibility index (Phi) is 6.58. The van der Waals surface area contributed by atoms with Crippen LogP contribution in [0.25, 0.3) is 0 Å². The van der Waals surface area contributed by atoms with Crippen LogP contribution in [-0.2, 0) is 21.5 Å². The lowest BCUT2D eigenvalue weighted by molar-refractivity contribution is -0.133. The van der Waals surface area contributed by atoms with Crippen molar-refractivity contribution >= 4 is 29.2 Å². The number of nitrogens with one attached hydrogen (secondary N) is 3. The lowest BCUT2D eigenvalue weighted by atomic mass is 9.92. The Bertz CT molecular complexity index is 1180. The summed E-state index contributed by atoms with van der Waals surface area (Å²) in [5, 5.41) is 8.63. The highest BCUT2D eigenvalue weighted by molar-refractivity contribution is 6.10. The van der Waals surface area contributed by atoms with E-state index in [4.69, 9.17) is 0 Å². The number of imide groups is 1. The highest BCUT2D eigenvalue weighted by Gasteiger charge is 2.49. The molecule has 0 saturated carbocycles. The van der Waals surface area contributed by atoms with Gasteiger partial charge in [0.15, 0.2) is 0 Å². The second-order valence-electron chi connectivity index (χ2n) is 8.24. The van der Waals surface area contributed by atoms with E-state index >= 15 is 0 Å². The summed E-state index contributed by atoms with van der Waals surface area (Å²) >= 11 is 0. The Morgan fingerprint density at radius 3 is 2.26 bits per heavy atom. The topological polar surface area (TPSA) is 90.5 Å². The summed E-state index contributed by atoms with van der Waals surface area (Å²) in [4.78, 5) is 38.7. The maximum Gasteiger partial charge on any atom is 0.325 e. The molecule has 34 heavy (non-hydrogen) atoms. The first-order chi connectivity index (χ1) is 16.3. The lowest BCUT2D eigenvalue weighted by Crippen LogP contribution is -2.42. The van der Waals surface area contributed by atoms with Crippen molar-refractivity contribution in [3.63, 3.8) is 0 Å². The molecule has 0 spiro atoms. The fourth-order valence-electron chi connectivity index (χ4n) is 3.83. The van der Waals surface area contributed by atoms with Crippen molar-refractivity contribution in [3.05, 3.63) is 95.8 Å². The van der Waals surface area contributed by atoms with Gasteiger partial charge in [-0.25, -0.2) is 9.18 Å². The number of benzene rings is 3. The monoisotopic (exact) mass is 460 g/mol. The summed E-state index contributed by atoms with van der Waals surface area (Å²) in [6.45, 7) is 1.87. The minimum atomic E-state index is -1.36. The Morgan fingerprint density at radius 2 is 1.59 bits per heavy atom. The van der Waals surface area contributed by atoms with E-state index in [9.17, 15) is 18.8 Å². The van der Waals surface area contributed by atoms with E-state index in [1.165, 1.54) is 36.8 Å². The number of carbonyl (C=O) groups excluding carboxylic acids is 3. The molecular weight excluding hydrogens is 435 g/mol. The summed E-state index contributed by atoms with van der Waals surface area (Å²) < 4.78 is 13.2. The number of anilines is 2. The molecule has 1 heterocycles. The fourth-order valence-corrected chi connectivity index (χ4v) is 3.83. The molecule has 8 heteroatoms. The molecule has 3 N–H and O–H groups in total. The van der Waals surface area contributed by atoms with Crippen LogP contribution in [0.4, 0.5) is 20.6 Å². The molecule has 1 aliphatic rings. The molecule has 0 aliphatic carbocycles. The van der Waals surface area contributed by atoms with E-state index in [0.29, 0.717) is 11.3 Å². The highest BCUT2D eigenvalue weighted by atomic mass is 19.1. The molecule has 4 amide bonds. The first kappa shape index (κ1) is 23.0. The first-order valence-corrected chi connectivity index (χ1v) is 10.9.